The molecule has 3 unspecified atom stereocenters. The number of aryl methyl sites for hydroxylation is 1. The van der Waals surface area contributed by atoms with Gasteiger partial charge in [-0.25, -0.2) is 0 Å². The van der Waals surface area contributed by atoms with Gasteiger partial charge in [0.1, 0.15) is 0 Å². The van der Waals surface area contributed by atoms with Gasteiger partial charge in [0.2, 0.25) is 0 Å². The van der Waals surface area contributed by atoms with Crippen LogP contribution in [0, 0.1) is 19.8 Å². The van der Waals surface area contributed by atoms with Gasteiger partial charge in [0, 0.05) is 26.4 Å². The van der Waals surface area contributed by atoms with E-state index in [1.165, 1.54) is 26.6 Å². The lowest BCUT2D eigenvalue weighted by Gasteiger charge is -2.37. The lowest BCUT2D eigenvalue weighted by molar-refractivity contribution is 0.429. The van der Waals surface area contributed by atoms with Crippen LogP contribution in [0.15, 0.2) is 36.4 Å². The van der Waals surface area contributed by atoms with E-state index in [1.54, 1.807) is 0 Å². The molecule has 1 N–H and O–H groups in total. The van der Waals surface area contributed by atoms with E-state index in [0.717, 1.165) is 11.4 Å². The van der Waals surface area contributed by atoms with Crippen LogP contribution in [0.3, 0.4) is 0 Å². The number of hydrogen-bond donors (Lipinski definition) is 1. The van der Waals surface area contributed by atoms with Crippen LogP contribution in [0.4, 0.5) is 5.69 Å². The number of benzene rings is 1. The van der Waals surface area contributed by atoms with Crippen LogP contribution in [-0.2, 0) is 0 Å². The third-order valence-electron chi connectivity index (χ3n) is 4.80. The number of allylic oxidation sites excluding steroid dienone is 2. The summed E-state index contributed by atoms with van der Waals surface area (Å²) >= 11 is 8.24. The summed E-state index contributed by atoms with van der Waals surface area (Å²) in [5.41, 5.74) is 3.82. The number of fused-ring (bicyclic) bond motifs is 3. The van der Waals surface area contributed by atoms with E-state index in [9.17, 15) is 0 Å². The van der Waals surface area contributed by atoms with E-state index < -0.39 is 0 Å². The molecule has 1 aromatic carbocycles. The van der Waals surface area contributed by atoms with Crippen LogP contribution in [0.2, 0.25) is 5.02 Å². The number of thiophene rings is 1. The van der Waals surface area contributed by atoms with Gasteiger partial charge in [-0.05, 0) is 55.5 Å². The zero-order valence-corrected chi connectivity index (χ0v) is 13.8. The van der Waals surface area contributed by atoms with Gasteiger partial charge < -0.3 is 5.32 Å². The minimum Gasteiger partial charge on any atom is -0.377 e. The van der Waals surface area contributed by atoms with Crippen LogP contribution in [0.25, 0.3) is 0 Å². The van der Waals surface area contributed by atoms with Gasteiger partial charge in [-0.3, -0.25) is 0 Å². The molecule has 2 aromatic rings. The van der Waals surface area contributed by atoms with Crippen LogP contribution in [0.5, 0.6) is 0 Å². The molecule has 1 aromatic heterocycles. The molecule has 21 heavy (non-hydrogen) atoms. The van der Waals surface area contributed by atoms with Crippen molar-refractivity contribution >= 4 is 28.6 Å². The molecule has 0 radical (unpaired) electrons. The van der Waals surface area contributed by atoms with Crippen molar-refractivity contribution in [1.82, 2.24) is 0 Å². The molecule has 1 aliphatic heterocycles. The highest BCUT2D eigenvalue weighted by atomic mass is 35.5. The van der Waals surface area contributed by atoms with Crippen molar-refractivity contribution in [3.05, 3.63) is 62.3 Å². The Morgan fingerprint density at radius 3 is 2.81 bits per heavy atom. The first-order valence-electron chi connectivity index (χ1n) is 7.43. The first-order valence-corrected chi connectivity index (χ1v) is 8.63. The Bertz CT molecular complexity index is 731. The Balaban J connectivity index is 1.84. The van der Waals surface area contributed by atoms with E-state index in [0.29, 0.717) is 17.9 Å². The fraction of sp³-hybridized carbons (Fsp3) is 0.333. The molecule has 1 aliphatic carbocycles. The summed E-state index contributed by atoms with van der Waals surface area (Å²) in [6.45, 7) is 4.29. The molecule has 0 saturated heterocycles. The molecule has 0 amide bonds. The second-order valence-corrected chi connectivity index (χ2v) is 7.79. The minimum atomic E-state index is 0.397. The third-order valence-corrected chi connectivity index (χ3v) is 6.29. The lowest BCUT2D eigenvalue weighted by atomic mass is 9.78. The Morgan fingerprint density at radius 1 is 1.19 bits per heavy atom. The van der Waals surface area contributed by atoms with E-state index in [1.807, 2.05) is 17.4 Å². The van der Waals surface area contributed by atoms with Crippen LogP contribution < -0.4 is 5.32 Å². The maximum atomic E-state index is 6.33. The minimum absolute atomic E-state index is 0.397. The number of nitrogens with one attached hydrogen (secondary N) is 1. The molecule has 3 atom stereocenters. The van der Waals surface area contributed by atoms with Crippen molar-refractivity contribution in [2.45, 2.75) is 32.2 Å². The normalized spacial score (nSPS) is 26.3. The average molecular weight is 316 g/mol. The van der Waals surface area contributed by atoms with Crippen molar-refractivity contribution in [3.8, 4) is 0 Å². The molecule has 0 spiro atoms. The second-order valence-electron chi connectivity index (χ2n) is 6.06. The standard InChI is InChI=1S/C18H18ClNS/c1-10-6-9-16(21-10)18-13-5-3-4-12(13)14-7-8-15(19)11(2)17(14)20-18/h3-4,6-9,12-13,18,20H,5H2,1-2H3. The summed E-state index contributed by atoms with van der Waals surface area (Å²) in [5.74, 6) is 1.14. The molecule has 3 heteroatoms. The summed E-state index contributed by atoms with van der Waals surface area (Å²) in [5, 5.41) is 4.64. The predicted molar refractivity (Wildman–Crippen MR) is 91.6 cm³/mol. The van der Waals surface area contributed by atoms with E-state index in [4.69, 9.17) is 11.6 Å². The number of hydrogen-bond acceptors (Lipinski definition) is 2. The van der Waals surface area contributed by atoms with Gasteiger partial charge >= 0.3 is 0 Å². The van der Waals surface area contributed by atoms with Crippen molar-refractivity contribution in [2.75, 3.05) is 5.32 Å². The molecule has 0 fully saturated rings. The topological polar surface area (TPSA) is 12.0 Å². The fourth-order valence-electron chi connectivity index (χ4n) is 3.69. The highest BCUT2D eigenvalue weighted by Gasteiger charge is 2.39. The molecule has 2 heterocycles. The smallest absolute Gasteiger partial charge is 0.0646 e. The summed E-state index contributed by atoms with van der Waals surface area (Å²) in [6, 6.07) is 9.13. The largest absolute Gasteiger partial charge is 0.377 e. The molecule has 0 bridgehead atoms. The predicted octanol–water partition coefficient (Wildman–Crippen LogP) is 5.84. The van der Waals surface area contributed by atoms with E-state index in [2.05, 4.69) is 49.5 Å². The SMILES string of the molecule is Cc1ccc(C2Nc3c(ccc(Cl)c3C)C3C=CCC32)s1. The van der Waals surface area contributed by atoms with Crippen molar-refractivity contribution in [3.63, 3.8) is 0 Å². The molecular formula is C18H18ClNS. The maximum Gasteiger partial charge on any atom is 0.0646 e. The van der Waals surface area contributed by atoms with Gasteiger partial charge in [0.05, 0.1) is 6.04 Å². The van der Waals surface area contributed by atoms with Gasteiger partial charge in [-0.2, -0.15) is 0 Å². The van der Waals surface area contributed by atoms with Gasteiger partial charge in [-0.1, -0.05) is 29.8 Å². The Labute approximate surface area is 134 Å². The zero-order valence-electron chi connectivity index (χ0n) is 12.2. The number of anilines is 1. The average Bonchev–Trinajstić information content (AvgIpc) is 3.11. The summed E-state index contributed by atoms with van der Waals surface area (Å²) in [4.78, 5) is 2.82. The van der Waals surface area contributed by atoms with Gasteiger partial charge in [-0.15, -0.1) is 11.3 Å². The monoisotopic (exact) mass is 315 g/mol. The first kappa shape index (κ1) is 13.4. The van der Waals surface area contributed by atoms with Crippen LogP contribution >= 0.6 is 22.9 Å². The molecule has 0 saturated carbocycles. The van der Waals surface area contributed by atoms with Gasteiger partial charge in [0.25, 0.3) is 0 Å². The quantitative estimate of drug-likeness (QED) is 0.651. The van der Waals surface area contributed by atoms with Crippen molar-refractivity contribution < 1.29 is 0 Å². The summed E-state index contributed by atoms with van der Waals surface area (Å²) < 4.78 is 0. The van der Waals surface area contributed by atoms with E-state index in [-0.39, 0.29) is 0 Å². The molecule has 2 aliphatic rings. The Hall–Kier alpha value is -1.25. The Morgan fingerprint density at radius 2 is 2.05 bits per heavy atom. The number of rotatable bonds is 1. The highest BCUT2D eigenvalue weighted by Crippen LogP contribution is 2.52. The first-order chi connectivity index (χ1) is 10.1. The molecule has 108 valence electrons. The maximum absolute atomic E-state index is 6.33. The number of halogens is 1. The summed E-state index contributed by atoms with van der Waals surface area (Å²) in [7, 11) is 0. The molecular weight excluding hydrogens is 298 g/mol. The van der Waals surface area contributed by atoms with E-state index >= 15 is 0 Å². The van der Waals surface area contributed by atoms with Crippen molar-refractivity contribution in [2.24, 2.45) is 5.92 Å². The van der Waals surface area contributed by atoms with Crippen LogP contribution in [-0.4, -0.2) is 0 Å². The fourth-order valence-corrected chi connectivity index (χ4v) is 4.85. The lowest BCUT2D eigenvalue weighted by Crippen LogP contribution is -2.29. The molecule has 1 nitrogen and oxygen atoms in total. The van der Waals surface area contributed by atoms with Crippen molar-refractivity contribution in [1.29, 1.82) is 0 Å². The second kappa shape index (κ2) is 4.89. The molecule has 4 rings (SSSR count). The Kier molecular flexibility index (Phi) is 3.13. The highest BCUT2D eigenvalue weighted by molar-refractivity contribution is 7.12. The zero-order chi connectivity index (χ0) is 14.6. The third kappa shape index (κ3) is 2.04. The van der Waals surface area contributed by atoms with Crippen LogP contribution in [0.1, 0.15) is 39.3 Å². The summed E-state index contributed by atoms with van der Waals surface area (Å²) in [6.07, 6.45) is 5.87. The van der Waals surface area contributed by atoms with Gasteiger partial charge in [0.15, 0.2) is 0 Å².